The zero-order valence-electron chi connectivity index (χ0n) is 13.0. The van der Waals surface area contributed by atoms with Gasteiger partial charge in [0.2, 0.25) is 0 Å². The average Bonchev–Trinajstić information content (AvgIpc) is 2.51. The Balaban J connectivity index is 2.10. The van der Waals surface area contributed by atoms with Crippen molar-refractivity contribution >= 4 is 17.6 Å². The van der Waals surface area contributed by atoms with Crippen LogP contribution < -0.4 is 0 Å². The van der Waals surface area contributed by atoms with Gasteiger partial charge in [0.05, 0.1) is 5.92 Å². The molecule has 1 atom stereocenters. The Bertz CT molecular complexity index is 684. The molecule has 0 spiro atoms. The number of ketones is 2. The molecule has 0 N–H and O–H groups in total. The Kier molecular flexibility index (Phi) is 5.42. The van der Waals surface area contributed by atoms with Gasteiger partial charge >= 0.3 is 0 Å². The largest absolute Gasteiger partial charge is 0.299 e. The van der Waals surface area contributed by atoms with E-state index >= 15 is 0 Å². The van der Waals surface area contributed by atoms with Gasteiger partial charge in [-0.3, -0.25) is 9.59 Å². The van der Waals surface area contributed by atoms with Crippen molar-refractivity contribution in [3.8, 4) is 0 Å². The molecule has 0 bridgehead atoms. The minimum absolute atomic E-state index is 0.0947. The number of carbonyl (C=O) groups is 2. The van der Waals surface area contributed by atoms with Gasteiger partial charge in [-0.15, -0.1) is 0 Å². The summed E-state index contributed by atoms with van der Waals surface area (Å²) in [5.41, 5.74) is 2.85. The summed E-state index contributed by atoms with van der Waals surface area (Å²) in [6.45, 7) is 3.51. The van der Waals surface area contributed by atoms with Gasteiger partial charge in [-0.2, -0.15) is 0 Å². The lowest BCUT2D eigenvalue weighted by molar-refractivity contribution is -0.119. The van der Waals surface area contributed by atoms with Crippen molar-refractivity contribution in [2.45, 2.75) is 20.3 Å². The monoisotopic (exact) mass is 292 g/mol. The maximum absolute atomic E-state index is 12.4. The summed E-state index contributed by atoms with van der Waals surface area (Å²) < 4.78 is 0. The van der Waals surface area contributed by atoms with Crippen LogP contribution in [-0.2, 0) is 4.79 Å². The molecule has 2 heteroatoms. The standard InChI is InChI=1S/C20H20O2/c1-15-8-6-9-17(14-15)10-7-13-19(16(2)21)20(22)18-11-4-3-5-12-18/h3-12,14,19H,13H2,1-2H3/b10-7+. The number of rotatable bonds is 6. The zero-order valence-corrected chi connectivity index (χ0v) is 13.0. The molecular formula is C20H20O2. The predicted molar refractivity (Wildman–Crippen MR) is 89.8 cm³/mol. The van der Waals surface area contributed by atoms with Crippen LogP contribution in [0.3, 0.4) is 0 Å². The smallest absolute Gasteiger partial charge is 0.173 e. The summed E-state index contributed by atoms with van der Waals surface area (Å²) >= 11 is 0. The third kappa shape index (κ3) is 4.26. The number of hydrogen-bond acceptors (Lipinski definition) is 2. The van der Waals surface area contributed by atoms with Gasteiger partial charge in [-0.25, -0.2) is 0 Å². The van der Waals surface area contributed by atoms with E-state index < -0.39 is 5.92 Å². The molecule has 2 aromatic rings. The van der Waals surface area contributed by atoms with E-state index in [1.165, 1.54) is 12.5 Å². The topological polar surface area (TPSA) is 34.1 Å². The number of hydrogen-bond donors (Lipinski definition) is 0. The number of aryl methyl sites for hydroxylation is 1. The average molecular weight is 292 g/mol. The first-order chi connectivity index (χ1) is 10.6. The van der Waals surface area contributed by atoms with E-state index in [0.29, 0.717) is 12.0 Å². The lowest BCUT2D eigenvalue weighted by Crippen LogP contribution is -2.21. The summed E-state index contributed by atoms with van der Waals surface area (Å²) in [5, 5.41) is 0. The first-order valence-electron chi connectivity index (χ1n) is 7.41. The first kappa shape index (κ1) is 15.9. The highest BCUT2D eigenvalue weighted by atomic mass is 16.1. The van der Waals surface area contributed by atoms with Gasteiger partial charge in [0.1, 0.15) is 5.78 Å². The Morgan fingerprint density at radius 2 is 1.77 bits per heavy atom. The van der Waals surface area contributed by atoms with Gasteiger partial charge in [-0.05, 0) is 25.8 Å². The van der Waals surface area contributed by atoms with Crippen molar-refractivity contribution in [2.24, 2.45) is 5.92 Å². The first-order valence-corrected chi connectivity index (χ1v) is 7.41. The molecule has 0 heterocycles. The molecule has 0 amide bonds. The fourth-order valence-corrected chi connectivity index (χ4v) is 2.38. The molecule has 112 valence electrons. The van der Waals surface area contributed by atoms with Gasteiger partial charge in [0.15, 0.2) is 5.78 Å². The van der Waals surface area contributed by atoms with E-state index in [4.69, 9.17) is 0 Å². The molecule has 0 saturated heterocycles. The molecule has 1 unspecified atom stereocenters. The SMILES string of the molecule is CC(=O)C(C/C=C/c1cccc(C)c1)C(=O)c1ccccc1. The van der Waals surface area contributed by atoms with Crippen molar-refractivity contribution < 1.29 is 9.59 Å². The van der Waals surface area contributed by atoms with E-state index in [1.54, 1.807) is 12.1 Å². The highest BCUT2D eigenvalue weighted by molar-refractivity contribution is 6.10. The quantitative estimate of drug-likeness (QED) is 0.581. The molecular weight excluding hydrogens is 272 g/mol. The summed E-state index contributed by atoms with van der Waals surface area (Å²) in [6, 6.07) is 17.1. The van der Waals surface area contributed by atoms with Gasteiger partial charge in [-0.1, -0.05) is 72.3 Å². The number of carbonyl (C=O) groups excluding carboxylic acids is 2. The Hall–Kier alpha value is -2.48. The second kappa shape index (κ2) is 7.51. The van der Waals surface area contributed by atoms with Crippen LogP contribution in [0.4, 0.5) is 0 Å². The third-order valence-corrected chi connectivity index (χ3v) is 3.59. The number of allylic oxidation sites excluding steroid dienone is 1. The van der Waals surface area contributed by atoms with E-state index in [0.717, 1.165) is 5.56 Å². The molecule has 2 nitrogen and oxygen atoms in total. The van der Waals surface area contributed by atoms with E-state index in [1.807, 2.05) is 55.5 Å². The Morgan fingerprint density at radius 1 is 1.05 bits per heavy atom. The van der Waals surface area contributed by atoms with Gasteiger partial charge in [0.25, 0.3) is 0 Å². The van der Waals surface area contributed by atoms with Crippen LogP contribution in [0.1, 0.15) is 34.8 Å². The molecule has 0 saturated carbocycles. The van der Waals surface area contributed by atoms with Gasteiger partial charge in [0, 0.05) is 5.56 Å². The Morgan fingerprint density at radius 3 is 2.41 bits per heavy atom. The van der Waals surface area contributed by atoms with Crippen molar-refractivity contribution in [2.75, 3.05) is 0 Å². The highest BCUT2D eigenvalue weighted by Crippen LogP contribution is 2.16. The Labute approximate surface area is 131 Å². The van der Waals surface area contributed by atoms with Crippen molar-refractivity contribution in [3.63, 3.8) is 0 Å². The van der Waals surface area contributed by atoms with Crippen LogP contribution in [0.5, 0.6) is 0 Å². The molecule has 0 radical (unpaired) electrons. The second-order valence-corrected chi connectivity index (χ2v) is 5.45. The summed E-state index contributed by atoms with van der Waals surface area (Å²) in [4.78, 5) is 24.2. The van der Waals surface area contributed by atoms with Crippen molar-refractivity contribution in [1.29, 1.82) is 0 Å². The molecule has 2 rings (SSSR count). The molecule has 0 aliphatic carbocycles. The predicted octanol–water partition coefficient (Wildman–Crippen LogP) is 4.49. The molecule has 22 heavy (non-hydrogen) atoms. The summed E-state index contributed by atoms with van der Waals surface area (Å²) in [5.74, 6) is -0.812. The minimum atomic E-state index is -0.608. The molecule has 0 aromatic heterocycles. The fraction of sp³-hybridized carbons (Fsp3) is 0.200. The molecule has 0 fully saturated rings. The van der Waals surface area contributed by atoms with Crippen LogP contribution >= 0.6 is 0 Å². The van der Waals surface area contributed by atoms with Gasteiger partial charge < -0.3 is 0 Å². The van der Waals surface area contributed by atoms with Crippen LogP contribution in [0.2, 0.25) is 0 Å². The maximum Gasteiger partial charge on any atom is 0.173 e. The van der Waals surface area contributed by atoms with Crippen LogP contribution in [0, 0.1) is 12.8 Å². The molecule has 0 aliphatic rings. The summed E-state index contributed by atoms with van der Waals surface area (Å²) in [7, 11) is 0. The maximum atomic E-state index is 12.4. The minimum Gasteiger partial charge on any atom is -0.299 e. The fourth-order valence-electron chi connectivity index (χ4n) is 2.38. The highest BCUT2D eigenvalue weighted by Gasteiger charge is 2.22. The molecule has 2 aromatic carbocycles. The van der Waals surface area contributed by atoms with Crippen molar-refractivity contribution in [3.05, 3.63) is 77.4 Å². The van der Waals surface area contributed by atoms with E-state index in [9.17, 15) is 9.59 Å². The van der Waals surface area contributed by atoms with E-state index in [2.05, 4.69) is 6.07 Å². The van der Waals surface area contributed by atoms with E-state index in [-0.39, 0.29) is 11.6 Å². The second-order valence-electron chi connectivity index (χ2n) is 5.45. The van der Waals surface area contributed by atoms with Crippen LogP contribution in [-0.4, -0.2) is 11.6 Å². The zero-order chi connectivity index (χ0) is 15.9. The van der Waals surface area contributed by atoms with Crippen LogP contribution in [0.15, 0.2) is 60.7 Å². The van der Waals surface area contributed by atoms with Crippen LogP contribution in [0.25, 0.3) is 6.08 Å². The summed E-state index contributed by atoms with van der Waals surface area (Å²) in [6.07, 6.45) is 4.29. The third-order valence-electron chi connectivity index (χ3n) is 3.59. The normalized spacial score (nSPS) is 12.3. The lowest BCUT2D eigenvalue weighted by Gasteiger charge is -2.10. The number of Topliss-reactive ketones (excluding diaryl/α,β-unsaturated/α-hetero) is 2. The number of benzene rings is 2. The lowest BCUT2D eigenvalue weighted by atomic mass is 9.91. The molecule has 0 aliphatic heterocycles. The van der Waals surface area contributed by atoms with Crippen molar-refractivity contribution in [1.82, 2.24) is 0 Å².